The number of fused-ring (bicyclic) bond motifs is 1. The lowest BCUT2D eigenvalue weighted by Gasteiger charge is -2.40. The smallest absolute Gasteiger partial charge is 0.120 e. The molecule has 1 fully saturated rings. The first-order valence-electron chi connectivity index (χ1n) is 8.76. The number of furan rings is 1. The van der Waals surface area contributed by atoms with Crippen LogP contribution in [-0.2, 0) is 6.54 Å². The number of anilines is 1. The van der Waals surface area contributed by atoms with Crippen LogP contribution in [0, 0.1) is 18.3 Å². The van der Waals surface area contributed by atoms with Gasteiger partial charge in [-0.2, -0.15) is 5.26 Å². The van der Waals surface area contributed by atoms with Crippen molar-refractivity contribution in [2.45, 2.75) is 26.3 Å². The predicted octanol–water partition coefficient (Wildman–Crippen LogP) is 4.63. The van der Waals surface area contributed by atoms with E-state index in [-0.39, 0.29) is 0 Å². The molecule has 0 saturated carbocycles. The molecule has 4 nitrogen and oxygen atoms in total. The Labute approximate surface area is 147 Å². The Bertz CT molecular complexity index is 938. The molecule has 4 heteroatoms. The summed E-state index contributed by atoms with van der Waals surface area (Å²) in [6.07, 6.45) is 2.35. The van der Waals surface area contributed by atoms with Crippen LogP contribution >= 0.6 is 0 Å². The maximum atomic E-state index is 9.40. The molecule has 1 saturated heterocycles. The maximum absolute atomic E-state index is 9.40. The molecule has 0 bridgehead atoms. The molecular weight excluding hydrogens is 310 g/mol. The minimum atomic E-state index is 0.726. The van der Waals surface area contributed by atoms with Crippen LogP contribution < -0.4 is 5.01 Å². The van der Waals surface area contributed by atoms with Gasteiger partial charge in [-0.1, -0.05) is 24.3 Å². The Morgan fingerprint density at radius 3 is 2.56 bits per heavy atom. The molecule has 0 radical (unpaired) electrons. The summed E-state index contributed by atoms with van der Waals surface area (Å²) >= 11 is 0. The highest BCUT2D eigenvalue weighted by atomic mass is 16.3. The first kappa shape index (κ1) is 15.7. The van der Waals surface area contributed by atoms with Crippen LogP contribution in [0.2, 0.25) is 0 Å². The highest BCUT2D eigenvalue weighted by molar-refractivity contribution is 5.97. The fraction of sp³-hybridized carbons (Fsp3) is 0.286. The number of nitriles is 1. The minimum Gasteiger partial charge on any atom is -0.465 e. The molecule has 3 aromatic rings. The third-order valence-corrected chi connectivity index (χ3v) is 4.81. The zero-order chi connectivity index (χ0) is 17.2. The lowest BCUT2D eigenvalue weighted by molar-refractivity contribution is 0.189. The quantitative estimate of drug-likeness (QED) is 0.702. The van der Waals surface area contributed by atoms with Crippen LogP contribution in [-0.4, -0.2) is 18.1 Å². The molecular formula is C21H21N3O. The highest BCUT2D eigenvalue weighted by Crippen LogP contribution is 2.32. The van der Waals surface area contributed by atoms with E-state index in [1.165, 1.54) is 12.8 Å². The number of rotatable bonds is 3. The van der Waals surface area contributed by atoms with Crippen LogP contribution in [0.3, 0.4) is 0 Å². The van der Waals surface area contributed by atoms with Crippen molar-refractivity contribution in [3.8, 4) is 6.07 Å². The Morgan fingerprint density at radius 1 is 1.00 bits per heavy atom. The van der Waals surface area contributed by atoms with E-state index >= 15 is 0 Å². The van der Waals surface area contributed by atoms with E-state index in [0.717, 1.165) is 53.2 Å². The number of hydrogen-bond donors (Lipinski definition) is 0. The summed E-state index contributed by atoms with van der Waals surface area (Å²) in [6, 6.07) is 18.6. The highest BCUT2D eigenvalue weighted by Gasteiger charge is 2.23. The van der Waals surface area contributed by atoms with E-state index < -0.39 is 0 Å². The molecule has 0 atom stereocenters. The van der Waals surface area contributed by atoms with E-state index in [1.807, 2.05) is 37.3 Å². The first-order chi connectivity index (χ1) is 12.3. The van der Waals surface area contributed by atoms with Gasteiger partial charge >= 0.3 is 0 Å². The van der Waals surface area contributed by atoms with Crippen molar-refractivity contribution in [2.75, 3.05) is 18.1 Å². The summed E-state index contributed by atoms with van der Waals surface area (Å²) in [5.74, 6) is 1.93. The number of hydrogen-bond acceptors (Lipinski definition) is 4. The summed E-state index contributed by atoms with van der Waals surface area (Å²) in [4.78, 5) is 0. The fourth-order valence-electron chi connectivity index (χ4n) is 3.61. The number of hydrazine groups is 1. The minimum absolute atomic E-state index is 0.726. The standard InChI is InChI=1S/C21H21N3O/c1-16-8-10-18(25-16)15-23-12-4-5-13-24(23)21-11-9-17(14-22)19-6-2-3-7-20(19)21/h2-3,6-11H,4-5,12-13,15H2,1H3. The molecule has 1 aliphatic rings. The van der Waals surface area contributed by atoms with Crippen molar-refractivity contribution in [3.05, 3.63) is 65.6 Å². The summed E-state index contributed by atoms with van der Waals surface area (Å²) < 4.78 is 5.78. The van der Waals surface area contributed by atoms with Gasteiger partial charge in [-0.05, 0) is 44.0 Å². The number of benzene rings is 2. The Kier molecular flexibility index (Phi) is 4.17. The van der Waals surface area contributed by atoms with Gasteiger partial charge < -0.3 is 9.43 Å². The summed E-state index contributed by atoms with van der Waals surface area (Å²) in [6.45, 7) is 4.73. The molecule has 2 heterocycles. The van der Waals surface area contributed by atoms with Gasteiger partial charge in [0, 0.05) is 23.9 Å². The SMILES string of the molecule is Cc1ccc(CN2CCCCN2c2ccc(C#N)c3ccccc23)o1. The van der Waals surface area contributed by atoms with Crippen LogP contribution in [0.25, 0.3) is 10.8 Å². The molecule has 126 valence electrons. The van der Waals surface area contributed by atoms with Gasteiger partial charge in [0.05, 0.1) is 23.9 Å². The van der Waals surface area contributed by atoms with Crippen LogP contribution in [0.5, 0.6) is 0 Å². The van der Waals surface area contributed by atoms with Crippen molar-refractivity contribution < 1.29 is 4.42 Å². The van der Waals surface area contributed by atoms with Crippen LogP contribution in [0.15, 0.2) is 52.9 Å². The summed E-state index contributed by atoms with van der Waals surface area (Å²) in [5.41, 5.74) is 1.89. The lowest BCUT2D eigenvalue weighted by Crippen LogP contribution is -2.47. The van der Waals surface area contributed by atoms with Crippen molar-refractivity contribution >= 4 is 16.5 Å². The molecule has 0 unspecified atom stereocenters. The van der Waals surface area contributed by atoms with E-state index in [9.17, 15) is 5.26 Å². The molecule has 0 amide bonds. The average molecular weight is 331 g/mol. The van der Waals surface area contributed by atoms with Gasteiger partial charge in [0.25, 0.3) is 0 Å². The molecule has 4 rings (SSSR count). The molecule has 0 spiro atoms. The summed E-state index contributed by atoms with van der Waals surface area (Å²) in [5, 5.41) is 16.3. The second kappa shape index (κ2) is 6.62. The molecule has 1 aliphatic heterocycles. The van der Waals surface area contributed by atoms with Gasteiger partial charge in [0.2, 0.25) is 0 Å². The zero-order valence-electron chi connectivity index (χ0n) is 14.4. The van der Waals surface area contributed by atoms with E-state index in [2.05, 4.69) is 34.3 Å². The maximum Gasteiger partial charge on any atom is 0.120 e. The van der Waals surface area contributed by atoms with Crippen LogP contribution in [0.1, 0.15) is 29.9 Å². The normalized spacial score (nSPS) is 15.4. The van der Waals surface area contributed by atoms with Crippen molar-refractivity contribution in [1.82, 2.24) is 5.01 Å². The second-order valence-electron chi connectivity index (χ2n) is 6.52. The van der Waals surface area contributed by atoms with Crippen LogP contribution in [0.4, 0.5) is 5.69 Å². The molecule has 2 aromatic carbocycles. The zero-order valence-corrected chi connectivity index (χ0v) is 14.4. The third kappa shape index (κ3) is 2.99. The van der Waals surface area contributed by atoms with Gasteiger partial charge in [0.1, 0.15) is 11.5 Å². The van der Waals surface area contributed by atoms with E-state index in [4.69, 9.17) is 4.42 Å². The van der Waals surface area contributed by atoms with Crippen molar-refractivity contribution in [3.63, 3.8) is 0 Å². The predicted molar refractivity (Wildman–Crippen MR) is 99.1 cm³/mol. The number of aryl methyl sites for hydroxylation is 1. The molecule has 1 aromatic heterocycles. The van der Waals surface area contributed by atoms with Crippen molar-refractivity contribution in [1.29, 1.82) is 5.26 Å². The second-order valence-corrected chi connectivity index (χ2v) is 6.52. The number of nitrogens with zero attached hydrogens (tertiary/aromatic N) is 3. The molecule has 25 heavy (non-hydrogen) atoms. The third-order valence-electron chi connectivity index (χ3n) is 4.81. The van der Waals surface area contributed by atoms with Crippen molar-refractivity contribution in [2.24, 2.45) is 0 Å². The molecule has 0 N–H and O–H groups in total. The first-order valence-corrected chi connectivity index (χ1v) is 8.76. The van der Waals surface area contributed by atoms with Gasteiger partial charge in [-0.3, -0.25) is 0 Å². The fourth-order valence-corrected chi connectivity index (χ4v) is 3.61. The van der Waals surface area contributed by atoms with Gasteiger partial charge in [-0.25, -0.2) is 5.01 Å². The van der Waals surface area contributed by atoms with E-state index in [0.29, 0.717) is 0 Å². The van der Waals surface area contributed by atoms with Gasteiger partial charge in [0.15, 0.2) is 0 Å². The lowest BCUT2D eigenvalue weighted by atomic mass is 10.0. The average Bonchev–Trinajstić information content (AvgIpc) is 3.06. The largest absolute Gasteiger partial charge is 0.465 e. The monoisotopic (exact) mass is 331 g/mol. The van der Waals surface area contributed by atoms with Gasteiger partial charge in [-0.15, -0.1) is 0 Å². The topological polar surface area (TPSA) is 43.4 Å². The van der Waals surface area contributed by atoms with E-state index in [1.54, 1.807) is 0 Å². The Balaban J connectivity index is 1.74. The Morgan fingerprint density at radius 2 is 1.80 bits per heavy atom. The molecule has 0 aliphatic carbocycles. The Hall–Kier alpha value is -2.77. The summed E-state index contributed by atoms with van der Waals surface area (Å²) in [7, 11) is 0.